The second-order valence-corrected chi connectivity index (χ2v) is 7.50. The molecule has 0 aliphatic heterocycles. The SMILES string of the molecule is NC(=O)c1cnc(N[C@H]2CC[C@@H](OC(F)F)CC2)nc1N[C@@H]1CCC[C@H](O)C1. The Kier molecular flexibility index (Phi) is 6.95. The molecule has 1 aromatic rings. The molecule has 0 radical (unpaired) electrons. The minimum Gasteiger partial charge on any atom is -0.393 e. The molecule has 2 aliphatic rings. The van der Waals surface area contributed by atoms with Gasteiger partial charge in [-0.05, 0) is 51.4 Å². The second-order valence-electron chi connectivity index (χ2n) is 7.50. The molecule has 0 spiro atoms. The van der Waals surface area contributed by atoms with Crippen molar-refractivity contribution in [3.63, 3.8) is 0 Å². The summed E-state index contributed by atoms with van der Waals surface area (Å²) in [4.78, 5) is 20.3. The minimum absolute atomic E-state index is 0.00605. The number of aromatic nitrogens is 2. The van der Waals surface area contributed by atoms with Crippen molar-refractivity contribution in [3.05, 3.63) is 11.8 Å². The summed E-state index contributed by atoms with van der Waals surface area (Å²) in [5.74, 6) is 0.0657. The highest BCUT2D eigenvalue weighted by molar-refractivity contribution is 5.97. The number of aliphatic hydroxyl groups excluding tert-OH is 1. The number of ether oxygens (including phenoxy) is 1. The normalized spacial score (nSPS) is 28.1. The molecule has 156 valence electrons. The summed E-state index contributed by atoms with van der Waals surface area (Å²) < 4.78 is 29.2. The fourth-order valence-corrected chi connectivity index (χ4v) is 3.90. The molecule has 28 heavy (non-hydrogen) atoms. The molecule has 0 bridgehead atoms. The second kappa shape index (κ2) is 9.42. The lowest BCUT2D eigenvalue weighted by atomic mass is 9.93. The number of carbonyl (C=O) groups excluding carboxylic acids is 1. The molecule has 0 unspecified atom stereocenters. The van der Waals surface area contributed by atoms with Crippen molar-refractivity contribution in [3.8, 4) is 0 Å². The van der Waals surface area contributed by atoms with Crippen LogP contribution in [0.5, 0.6) is 0 Å². The number of rotatable bonds is 7. The van der Waals surface area contributed by atoms with Crippen LogP contribution in [0.25, 0.3) is 0 Å². The van der Waals surface area contributed by atoms with Gasteiger partial charge in [0.05, 0.1) is 17.8 Å². The van der Waals surface area contributed by atoms with Gasteiger partial charge in [0.25, 0.3) is 5.91 Å². The number of halogens is 2. The van der Waals surface area contributed by atoms with Gasteiger partial charge in [-0.2, -0.15) is 13.8 Å². The van der Waals surface area contributed by atoms with Gasteiger partial charge < -0.3 is 26.2 Å². The van der Waals surface area contributed by atoms with E-state index in [0.717, 1.165) is 19.3 Å². The summed E-state index contributed by atoms with van der Waals surface area (Å²) in [5, 5.41) is 16.3. The number of hydrogen-bond acceptors (Lipinski definition) is 7. The lowest BCUT2D eigenvalue weighted by Gasteiger charge is -2.29. The quantitative estimate of drug-likeness (QED) is 0.555. The van der Waals surface area contributed by atoms with Crippen LogP contribution in [-0.4, -0.2) is 51.9 Å². The highest BCUT2D eigenvalue weighted by Gasteiger charge is 2.26. The lowest BCUT2D eigenvalue weighted by molar-refractivity contribution is -0.169. The number of alkyl halides is 2. The van der Waals surface area contributed by atoms with Crippen molar-refractivity contribution in [2.45, 2.75) is 82.3 Å². The number of amides is 1. The van der Waals surface area contributed by atoms with Gasteiger partial charge >= 0.3 is 6.61 Å². The van der Waals surface area contributed by atoms with E-state index in [2.05, 4.69) is 25.3 Å². The zero-order valence-electron chi connectivity index (χ0n) is 15.6. The number of carbonyl (C=O) groups is 1. The van der Waals surface area contributed by atoms with E-state index < -0.39 is 18.6 Å². The van der Waals surface area contributed by atoms with Crippen molar-refractivity contribution in [2.24, 2.45) is 5.73 Å². The minimum atomic E-state index is -2.74. The smallest absolute Gasteiger partial charge is 0.345 e. The Balaban J connectivity index is 1.63. The van der Waals surface area contributed by atoms with Crippen LogP contribution >= 0.6 is 0 Å². The average Bonchev–Trinajstić information content (AvgIpc) is 2.63. The first-order valence-corrected chi connectivity index (χ1v) is 9.72. The molecule has 1 aromatic heterocycles. The van der Waals surface area contributed by atoms with Crippen molar-refractivity contribution < 1.29 is 23.4 Å². The summed E-state index contributed by atoms with van der Waals surface area (Å²) in [6, 6.07) is 0.0489. The van der Waals surface area contributed by atoms with Crippen molar-refractivity contribution in [2.75, 3.05) is 10.6 Å². The number of aliphatic hydroxyl groups is 1. The Morgan fingerprint density at radius 2 is 1.93 bits per heavy atom. The van der Waals surface area contributed by atoms with Crippen LogP contribution < -0.4 is 16.4 Å². The zero-order chi connectivity index (χ0) is 20.1. The van der Waals surface area contributed by atoms with Crippen LogP contribution in [0, 0.1) is 0 Å². The molecule has 8 nitrogen and oxygen atoms in total. The number of nitrogens with one attached hydrogen (secondary N) is 2. The van der Waals surface area contributed by atoms with Crippen LogP contribution in [0.1, 0.15) is 61.7 Å². The third-order valence-corrected chi connectivity index (χ3v) is 5.34. The molecule has 0 aromatic carbocycles. The number of nitrogens with two attached hydrogens (primary N) is 1. The summed E-state index contributed by atoms with van der Waals surface area (Å²) in [6.45, 7) is -2.74. The monoisotopic (exact) mass is 399 g/mol. The van der Waals surface area contributed by atoms with Crippen LogP contribution in [0.4, 0.5) is 20.5 Å². The summed E-state index contributed by atoms with van der Waals surface area (Å²) in [5.41, 5.74) is 5.63. The number of anilines is 2. The first kappa shape index (κ1) is 20.7. The van der Waals surface area contributed by atoms with E-state index in [0.29, 0.717) is 43.9 Å². The van der Waals surface area contributed by atoms with E-state index in [4.69, 9.17) is 5.73 Å². The van der Waals surface area contributed by atoms with Gasteiger partial charge in [-0.15, -0.1) is 0 Å². The predicted octanol–water partition coefficient (Wildman–Crippen LogP) is 2.25. The van der Waals surface area contributed by atoms with Gasteiger partial charge in [0, 0.05) is 18.3 Å². The van der Waals surface area contributed by atoms with E-state index in [1.165, 1.54) is 6.20 Å². The van der Waals surface area contributed by atoms with Crippen LogP contribution in [0.15, 0.2) is 6.20 Å². The molecule has 1 heterocycles. The summed E-state index contributed by atoms with van der Waals surface area (Å²) in [6.07, 6.45) is 6.10. The van der Waals surface area contributed by atoms with Crippen LogP contribution in [0.3, 0.4) is 0 Å². The number of nitrogens with zero attached hydrogens (tertiary/aromatic N) is 2. The van der Waals surface area contributed by atoms with Crippen molar-refractivity contribution in [1.29, 1.82) is 0 Å². The molecular formula is C18H27F2N5O3. The van der Waals surface area contributed by atoms with Crippen molar-refractivity contribution in [1.82, 2.24) is 9.97 Å². The average molecular weight is 399 g/mol. The molecular weight excluding hydrogens is 372 g/mol. The lowest BCUT2D eigenvalue weighted by Crippen LogP contribution is -2.33. The van der Waals surface area contributed by atoms with Gasteiger partial charge in [0.15, 0.2) is 0 Å². The Bertz CT molecular complexity index is 671. The number of primary amides is 1. The van der Waals surface area contributed by atoms with Crippen LogP contribution in [0.2, 0.25) is 0 Å². The first-order chi connectivity index (χ1) is 13.4. The predicted molar refractivity (Wildman–Crippen MR) is 99.2 cm³/mol. The third-order valence-electron chi connectivity index (χ3n) is 5.34. The standard InChI is InChI=1S/C18H27F2N5O3/c19-17(20)28-13-6-4-10(5-7-13)24-18-22-9-14(15(21)27)16(25-18)23-11-2-1-3-12(26)8-11/h9-13,17,26H,1-8H2,(H2,21,27)(H2,22,23,24,25)/t10-,11-,12+,13+/m1/s1. The number of hydrogen-bond donors (Lipinski definition) is 4. The molecule has 1 amide bonds. The van der Waals surface area contributed by atoms with E-state index in [-0.39, 0.29) is 23.8 Å². The molecule has 5 N–H and O–H groups in total. The highest BCUT2D eigenvalue weighted by Crippen LogP contribution is 2.26. The topological polar surface area (TPSA) is 122 Å². The van der Waals surface area contributed by atoms with Crippen molar-refractivity contribution >= 4 is 17.7 Å². The van der Waals surface area contributed by atoms with Gasteiger partial charge in [-0.25, -0.2) is 4.98 Å². The Morgan fingerprint density at radius 1 is 1.18 bits per heavy atom. The Hall–Kier alpha value is -2.07. The maximum atomic E-state index is 12.3. The fraction of sp³-hybridized carbons (Fsp3) is 0.722. The van der Waals surface area contributed by atoms with Gasteiger partial charge in [-0.3, -0.25) is 4.79 Å². The van der Waals surface area contributed by atoms with Gasteiger partial charge in [-0.1, -0.05) is 0 Å². The molecule has 2 saturated carbocycles. The van der Waals surface area contributed by atoms with Gasteiger partial charge in [0.1, 0.15) is 5.82 Å². The van der Waals surface area contributed by atoms with Crippen LogP contribution in [-0.2, 0) is 4.74 Å². The van der Waals surface area contributed by atoms with E-state index in [1.54, 1.807) is 0 Å². The van der Waals surface area contributed by atoms with E-state index in [9.17, 15) is 18.7 Å². The molecule has 2 atom stereocenters. The third kappa shape index (κ3) is 5.71. The highest BCUT2D eigenvalue weighted by atomic mass is 19.3. The Labute approximate surface area is 162 Å². The molecule has 0 saturated heterocycles. The van der Waals surface area contributed by atoms with Gasteiger partial charge in [0.2, 0.25) is 5.95 Å². The maximum absolute atomic E-state index is 12.3. The largest absolute Gasteiger partial charge is 0.393 e. The zero-order valence-corrected chi connectivity index (χ0v) is 15.6. The summed E-state index contributed by atoms with van der Waals surface area (Å²) in [7, 11) is 0. The molecule has 10 heteroatoms. The molecule has 2 aliphatic carbocycles. The van der Waals surface area contributed by atoms with E-state index >= 15 is 0 Å². The summed E-state index contributed by atoms with van der Waals surface area (Å²) >= 11 is 0. The first-order valence-electron chi connectivity index (χ1n) is 9.72. The maximum Gasteiger partial charge on any atom is 0.345 e. The fourth-order valence-electron chi connectivity index (χ4n) is 3.90. The Morgan fingerprint density at radius 3 is 2.57 bits per heavy atom. The molecule has 2 fully saturated rings. The molecule has 3 rings (SSSR count). The van der Waals surface area contributed by atoms with E-state index in [1.807, 2.05) is 0 Å².